The fourth-order valence-electron chi connectivity index (χ4n) is 1.82. The third-order valence-corrected chi connectivity index (χ3v) is 4.24. The Morgan fingerprint density at radius 1 is 1.26 bits per heavy atom. The van der Waals surface area contributed by atoms with Gasteiger partial charge >= 0.3 is 0 Å². The topological polar surface area (TPSA) is 41.5 Å². The maximum Gasteiger partial charge on any atom is 0.250 e. The van der Waals surface area contributed by atoms with Crippen molar-refractivity contribution in [1.82, 2.24) is 5.43 Å². The number of hydrazone groups is 1. The molecule has 1 amide bonds. The van der Waals surface area contributed by atoms with Gasteiger partial charge in [-0.25, -0.2) is 9.82 Å². The second-order valence-corrected chi connectivity index (χ2v) is 6.28. The molecule has 1 N–H and O–H groups in total. The maximum absolute atomic E-state index is 12.8. The van der Waals surface area contributed by atoms with Gasteiger partial charge in [-0.2, -0.15) is 5.10 Å². The molecule has 0 atom stereocenters. The molecule has 0 spiro atoms. The van der Waals surface area contributed by atoms with Crippen molar-refractivity contribution in [2.24, 2.45) is 5.10 Å². The third kappa shape index (κ3) is 6.04. The molecule has 2 aromatic carbocycles. The molecule has 2 aromatic rings. The number of rotatable bonds is 6. The second-order valence-electron chi connectivity index (χ2n) is 4.86. The van der Waals surface area contributed by atoms with Gasteiger partial charge in [0.15, 0.2) is 0 Å². The summed E-state index contributed by atoms with van der Waals surface area (Å²) < 4.78 is 12.8. The lowest BCUT2D eigenvalue weighted by molar-refractivity contribution is -0.118. The van der Waals surface area contributed by atoms with E-state index < -0.39 is 0 Å². The highest BCUT2D eigenvalue weighted by atomic mass is 35.5. The average Bonchev–Trinajstić information content (AvgIpc) is 2.53. The fraction of sp³-hybridized carbons (Fsp3) is 0.176. The van der Waals surface area contributed by atoms with E-state index in [1.165, 1.54) is 23.9 Å². The Bertz CT molecular complexity index is 704. The van der Waals surface area contributed by atoms with Gasteiger partial charge in [-0.15, -0.1) is 11.8 Å². The fourth-order valence-corrected chi connectivity index (χ4v) is 2.80. The molecule has 3 nitrogen and oxygen atoms in total. The molecule has 0 radical (unpaired) electrons. The third-order valence-electron chi connectivity index (χ3n) is 3.00. The number of carbonyl (C=O) groups excluding carboxylic acids is 1. The van der Waals surface area contributed by atoms with Gasteiger partial charge in [0, 0.05) is 10.8 Å². The molecule has 0 aliphatic heterocycles. The molecule has 23 heavy (non-hydrogen) atoms. The highest BCUT2D eigenvalue weighted by molar-refractivity contribution is 7.99. The zero-order valence-corrected chi connectivity index (χ0v) is 14.1. The number of hydrogen-bond donors (Lipinski definition) is 1. The summed E-state index contributed by atoms with van der Waals surface area (Å²) in [6.45, 7) is 1.76. The molecule has 0 aliphatic carbocycles. The van der Waals surface area contributed by atoms with E-state index in [1.54, 1.807) is 19.1 Å². The van der Waals surface area contributed by atoms with Crippen LogP contribution in [-0.4, -0.2) is 17.4 Å². The van der Waals surface area contributed by atoms with Crippen molar-refractivity contribution in [3.05, 3.63) is 70.5 Å². The number of carbonyl (C=O) groups is 1. The normalized spacial score (nSPS) is 11.3. The van der Waals surface area contributed by atoms with Crippen molar-refractivity contribution in [1.29, 1.82) is 0 Å². The van der Waals surface area contributed by atoms with Crippen LogP contribution in [0.2, 0.25) is 5.02 Å². The van der Waals surface area contributed by atoms with E-state index in [-0.39, 0.29) is 11.7 Å². The number of nitrogens with zero attached hydrogens (tertiary/aromatic N) is 1. The second kappa shape index (κ2) is 8.70. The van der Waals surface area contributed by atoms with Gasteiger partial charge in [-0.1, -0.05) is 35.9 Å². The lowest BCUT2D eigenvalue weighted by Gasteiger charge is -2.04. The molecular weight excluding hydrogens is 335 g/mol. The minimum absolute atomic E-state index is 0.182. The molecular formula is C17H16ClFN2OS. The van der Waals surface area contributed by atoms with Crippen molar-refractivity contribution in [2.75, 3.05) is 5.75 Å². The van der Waals surface area contributed by atoms with Gasteiger partial charge in [-0.05, 0) is 42.3 Å². The molecule has 0 saturated heterocycles. The van der Waals surface area contributed by atoms with E-state index in [4.69, 9.17) is 11.6 Å². The molecule has 0 saturated carbocycles. The zero-order valence-electron chi connectivity index (χ0n) is 12.6. The Morgan fingerprint density at radius 3 is 2.70 bits per heavy atom. The van der Waals surface area contributed by atoms with Crippen molar-refractivity contribution in [2.45, 2.75) is 12.7 Å². The van der Waals surface area contributed by atoms with E-state index in [9.17, 15) is 9.18 Å². The van der Waals surface area contributed by atoms with Crippen LogP contribution in [0.5, 0.6) is 0 Å². The van der Waals surface area contributed by atoms with Crippen molar-refractivity contribution < 1.29 is 9.18 Å². The minimum Gasteiger partial charge on any atom is -0.272 e. The van der Waals surface area contributed by atoms with Gasteiger partial charge in [0.25, 0.3) is 0 Å². The lowest BCUT2D eigenvalue weighted by atomic mass is 10.1. The molecule has 0 aromatic heterocycles. The van der Waals surface area contributed by atoms with Crippen molar-refractivity contribution in [3.8, 4) is 0 Å². The van der Waals surface area contributed by atoms with E-state index in [1.807, 2.05) is 24.3 Å². The van der Waals surface area contributed by atoms with Crippen molar-refractivity contribution in [3.63, 3.8) is 0 Å². The van der Waals surface area contributed by atoms with Crippen LogP contribution in [0.1, 0.15) is 18.1 Å². The predicted molar refractivity (Wildman–Crippen MR) is 94.4 cm³/mol. The summed E-state index contributed by atoms with van der Waals surface area (Å²) in [5, 5.41) is 4.71. The van der Waals surface area contributed by atoms with Crippen LogP contribution in [0.4, 0.5) is 4.39 Å². The maximum atomic E-state index is 12.8. The summed E-state index contributed by atoms with van der Waals surface area (Å²) in [6, 6.07) is 13.5. The SMILES string of the molecule is C/C(=N/NC(=O)CSCc1cccc(Cl)c1)c1ccc(F)cc1. The number of thioether (sulfide) groups is 1. The summed E-state index contributed by atoms with van der Waals surface area (Å²) in [4.78, 5) is 11.8. The molecule has 6 heteroatoms. The first kappa shape index (κ1) is 17.5. The summed E-state index contributed by atoms with van der Waals surface area (Å²) >= 11 is 7.39. The van der Waals surface area contributed by atoms with E-state index in [2.05, 4.69) is 10.5 Å². The smallest absolute Gasteiger partial charge is 0.250 e. The number of benzene rings is 2. The van der Waals surface area contributed by atoms with Gasteiger partial charge in [0.05, 0.1) is 11.5 Å². The minimum atomic E-state index is -0.303. The number of amides is 1. The zero-order chi connectivity index (χ0) is 16.7. The first-order chi connectivity index (χ1) is 11.0. The van der Waals surface area contributed by atoms with Crippen LogP contribution in [0.25, 0.3) is 0 Å². The van der Waals surface area contributed by atoms with Crippen LogP contribution in [0.15, 0.2) is 53.6 Å². The van der Waals surface area contributed by atoms with Gasteiger partial charge < -0.3 is 0 Å². The van der Waals surface area contributed by atoms with Crippen molar-refractivity contribution >= 4 is 35.0 Å². The summed E-state index contributed by atoms with van der Waals surface area (Å²) in [5.41, 5.74) is 4.96. The van der Waals surface area contributed by atoms with Gasteiger partial charge in [-0.3, -0.25) is 4.79 Å². The van der Waals surface area contributed by atoms with Gasteiger partial charge in [0.2, 0.25) is 5.91 Å². The molecule has 0 heterocycles. The Balaban J connectivity index is 1.78. The Labute approximate surface area is 143 Å². The molecule has 0 bridgehead atoms. The van der Waals surface area contributed by atoms with Crippen LogP contribution in [0.3, 0.4) is 0 Å². The highest BCUT2D eigenvalue weighted by Crippen LogP contribution is 2.16. The first-order valence-corrected chi connectivity index (χ1v) is 8.49. The van der Waals surface area contributed by atoms with Crippen LogP contribution >= 0.6 is 23.4 Å². The number of nitrogens with one attached hydrogen (secondary N) is 1. The van der Waals surface area contributed by atoms with Crippen LogP contribution < -0.4 is 5.43 Å². The van der Waals surface area contributed by atoms with E-state index >= 15 is 0 Å². The summed E-state index contributed by atoms with van der Waals surface area (Å²) in [6.07, 6.45) is 0. The Hall–Kier alpha value is -1.85. The van der Waals surface area contributed by atoms with Crippen LogP contribution in [0, 0.1) is 5.82 Å². The number of hydrogen-bond acceptors (Lipinski definition) is 3. The predicted octanol–water partition coefficient (Wildman–Crippen LogP) is 4.25. The van der Waals surface area contributed by atoms with E-state index in [0.29, 0.717) is 22.2 Å². The average molecular weight is 351 g/mol. The molecule has 120 valence electrons. The highest BCUT2D eigenvalue weighted by Gasteiger charge is 2.03. The lowest BCUT2D eigenvalue weighted by Crippen LogP contribution is -2.21. The largest absolute Gasteiger partial charge is 0.272 e. The Morgan fingerprint density at radius 2 is 2.00 bits per heavy atom. The van der Waals surface area contributed by atoms with E-state index in [0.717, 1.165) is 11.1 Å². The molecule has 2 rings (SSSR count). The molecule has 0 aliphatic rings. The van der Waals surface area contributed by atoms with Gasteiger partial charge in [0.1, 0.15) is 5.82 Å². The molecule has 0 unspecified atom stereocenters. The Kier molecular flexibility index (Phi) is 6.62. The molecule has 0 fully saturated rings. The summed E-state index contributed by atoms with van der Waals surface area (Å²) in [5.74, 6) is 0.517. The monoisotopic (exact) mass is 350 g/mol. The van der Waals surface area contributed by atoms with Crippen LogP contribution in [-0.2, 0) is 10.5 Å². The summed E-state index contributed by atoms with van der Waals surface area (Å²) in [7, 11) is 0. The quantitative estimate of drug-likeness (QED) is 0.625. The first-order valence-electron chi connectivity index (χ1n) is 6.96. The standard InChI is InChI=1S/C17H16ClFN2OS/c1-12(14-5-7-16(19)8-6-14)20-21-17(22)11-23-10-13-3-2-4-15(18)9-13/h2-9H,10-11H2,1H3,(H,21,22)/b20-12-. The number of halogens is 2.